The summed E-state index contributed by atoms with van der Waals surface area (Å²) in [4.78, 5) is 0. The fraction of sp³-hybridized carbons (Fsp3) is 0.172. The van der Waals surface area contributed by atoms with Crippen molar-refractivity contribution >= 4 is 23.2 Å². The van der Waals surface area contributed by atoms with E-state index in [1.54, 1.807) is 0 Å². The van der Waals surface area contributed by atoms with Crippen LogP contribution in [0.1, 0.15) is 30.5 Å². The number of benzene rings is 4. The molecule has 0 saturated carbocycles. The molecule has 4 aromatic carbocycles. The van der Waals surface area contributed by atoms with Gasteiger partial charge in [0.2, 0.25) is 0 Å². The van der Waals surface area contributed by atoms with Gasteiger partial charge < -0.3 is 0 Å². The van der Waals surface area contributed by atoms with Crippen molar-refractivity contribution in [3.63, 3.8) is 0 Å². The second-order valence-corrected chi connectivity index (χ2v) is 11.3. The van der Waals surface area contributed by atoms with E-state index >= 15 is 0 Å². The molecule has 150 valence electrons. The van der Waals surface area contributed by atoms with E-state index < -0.39 is 7.26 Å². The summed E-state index contributed by atoms with van der Waals surface area (Å²) in [6, 6.07) is 40.7. The standard InChI is InChI=1S/C29H30P/c1-3-24-20-21-26(25(4-2)22-24)23-30(27-14-8-5-9-15-27,28-16-10-6-11-17-28)29-18-12-7-13-19-29/h5-22H,3-4,23H2,1-2H3/q+1. The highest BCUT2D eigenvalue weighted by Gasteiger charge is 2.45. The van der Waals surface area contributed by atoms with Gasteiger partial charge in [-0.25, -0.2) is 0 Å². The van der Waals surface area contributed by atoms with Crippen LogP contribution >= 0.6 is 7.26 Å². The Morgan fingerprint density at radius 1 is 0.500 bits per heavy atom. The van der Waals surface area contributed by atoms with Gasteiger partial charge in [-0.1, -0.05) is 86.6 Å². The third-order valence-corrected chi connectivity index (χ3v) is 10.4. The van der Waals surface area contributed by atoms with E-state index in [-0.39, 0.29) is 0 Å². The monoisotopic (exact) mass is 409 g/mol. The van der Waals surface area contributed by atoms with Crippen molar-refractivity contribution in [2.45, 2.75) is 32.9 Å². The van der Waals surface area contributed by atoms with Crippen LogP contribution in [0.5, 0.6) is 0 Å². The van der Waals surface area contributed by atoms with Gasteiger partial charge >= 0.3 is 0 Å². The molecule has 0 nitrogen and oxygen atoms in total. The summed E-state index contributed by atoms with van der Waals surface area (Å²) in [6.07, 6.45) is 3.21. The van der Waals surface area contributed by atoms with Gasteiger partial charge in [0.05, 0.1) is 6.16 Å². The van der Waals surface area contributed by atoms with E-state index in [4.69, 9.17) is 0 Å². The lowest BCUT2D eigenvalue weighted by Crippen LogP contribution is -2.32. The van der Waals surface area contributed by atoms with Gasteiger partial charge in [-0.05, 0) is 65.9 Å². The van der Waals surface area contributed by atoms with Gasteiger partial charge in [0.1, 0.15) is 23.2 Å². The molecular weight excluding hydrogens is 379 g/mol. The van der Waals surface area contributed by atoms with Crippen molar-refractivity contribution in [2.75, 3.05) is 0 Å². The Labute approximate surface area is 182 Å². The van der Waals surface area contributed by atoms with Crippen molar-refractivity contribution in [1.82, 2.24) is 0 Å². The molecule has 30 heavy (non-hydrogen) atoms. The lowest BCUT2D eigenvalue weighted by molar-refractivity contribution is 1.06. The normalized spacial score (nSPS) is 11.4. The summed E-state index contributed by atoms with van der Waals surface area (Å²) < 4.78 is 0. The van der Waals surface area contributed by atoms with Gasteiger partial charge in [-0.15, -0.1) is 0 Å². The Balaban J connectivity index is 1.99. The van der Waals surface area contributed by atoms with Crippen LogP contribution in [0.3, 0.4) is 0 Å². The number of rotatable bonds is 7. The molecule has 0 saturated heterocycles. The topological polar surface area (TPSA) is 0 Å². The largest absolute Gasteiger partial charge is 0.116 e. The molecule has 4 aromatic rings. The highest BCUT2D eigenvalue weighted by molar-refractivity contribution is 7.95. The summed E-state index contributed by atoms with van der Waals surface area (Å²) >= 11 is 0. The Bertz CT molecular complexity index is 972. The second-order valence-electron chi connectivity index (χ2n) is 7.78. The first-order chi connectivity index (χ1) is 14.8. The SMILES string of the molecule is CCc1ccc(C[P+](c2ccccc2)(c2ccccc2)c2ccccc2)c(CC)c1. The van der Waals surface area contributed by atoms with Crippen LogP contribution in [0.25, 0.3) is 0 Å². The number of aryl methyl sites for hydroxylation is 2. The first kappa shape index (κ1) is 20.6. The summed E-state index contributed by atoms with van der Waals surface area (Å²) in [5.41, 5.74) is 4.40. The van der Waals surface area contributed by atoms with Crippen LogP contribution in [0.15, 0.2) is 109 Å². The maximum Gasteiger partial charge on any atom is 0.116 e. The second kappa shape index (κ2) is 9.41. The molecule has 0 N–H and O–H groups in total. The summed E-state index contributed by atoms with van der Waals surface area (Å²) in [5, 5.41) is 4.34. The number of hydrogen-bond donors (Lipinski definition) is 0. The summed E-state index contributed by atoms with van der Waals surface area (Å²) in [5.74, 6) is 0. The van der Waals surface area contributed by atoms with Crippen LogP contribution in [-0.4, -0.2) is 0 Å². The molecule has 0 aromatic heterocycles. The Kier molecular flexibility index (Phi) is 6.46. The molecule has 0 aliphatic rings. The molecule has 0 aliphatic heterocycles. The van der Waals surface area contributed by atoms with Gasteiger partial charge in [-0.3, -0.25) is 0 Å². The lowest BCUT2D eigenvalue weighted by Gasteiger charge is -2.28. The summed E-state index contributed by atoms with van der Waals surface area (Å²) in [7, 11) is -1.84. The summed E-state index contributed by atoms with van der Waals surface area (Å²) in [6.45, 7) is 4.52. The third-order valence-electron chi connectivity index (χ3n) is 6.06. The minimum absolute atomic E-state index is 1.05. The highest BCUT2D eigenvalue weighted by atomic mass is 31.2. The third kappa shape index (κ3) is 3.98. The van der Waals surface area contributed by atoms with E-state index in [1.807, 2.05) is 0 Å². The fourth-order valence-corrected chi connectivity index (χ4v) is 8.71. The van der Waals surface area contributed by atoms with Gasteiger partial charge in [0, 0.05) is 0 Å². The Morgan fingerprint density at radius 2 is 0.967 bits per heavy atom. The molecule has 0 aliphatic carbocycles. The maximum absolute atomic E-state index is 2.42. The van der Waals surface area contributed by atoms with Crippen LogP contribution in [0.4, 0.5) is 0 Å². The smallest absolute Gasteiger partial charge is 0.0620 e. The quantitative estimate of drug-likeness (QED) is 0.314. The molecule has 1 heteroatoms. The average molecular weight is 410 g/mol. The molecule has 0 bridgehead atoms. The molecule has 0 radical (unpaired) electrons. The average Bonchev–Trinajstić information content (AvgIpc) is 2.84. The van der Waals surface area contributed by atoms with Crippen LogP contribution < -0.4 is 15.9 Å². The maximum atomic E-state index is 2.42. The van der Waals surface area contributed by atoms with Crippen molar-refractivity contribution in [1.29, 1.82) is 0 Å². The Morgan fingerprint density at radius 3 is 1.37 bits per heavy atom. The van der Waals surface area contributed by atoms with Crippen molar-refractivity contribution in [3.8, 4) is 0 Å². The lowest BCUT2D eigenvalue weighted by atomic mass is 10.0. The van der Waals surface area contributed by atoms with Crippen molar-refractivity contribution < 1.29 is 0 Å². The van der Waals surface area contributed by atoms with E-state index in [1.165, 1.54) is 32.6 Å². The molecular formula is C29H30P+. The van der Waals surface area contributed by atoms with E-state index in [9.17, 15) is 0 Å². The van der Waals surface area contributed by atoms with Crippen LogP contribution in [-0.2, 0) is 19.0 Å². The highest BCUT2D eigenvalue weighted by Crippen LogP contribution is 2.58. The molecule has 0 fully saturated rings. The molecule has 0 spiro atoms. The Hall–Kier alpha value is -2.69. The molecule has 0 amide bonds. The van der Waals surface area contributed by atoms with Gasteiger partial charge in [0.15, 0.2) is 0 Å². The van der Waals surface area contributed by atoms with Crippen LogP contribution in [0.2, 0.25) is 0 Å². The molecule has 0 unspecified atom stereocenters. The van der Waals surface area contributed by atoms with E-state index in [2.05, 4.69) is 123 Å². The zero-order valence-electron chi connectivity index (χ0n) is 18.0. The minimum atomic E-state index is -1.84. The first-order valence-corrected chi connectivity index (χ1v) is 12.9. The predicted octanol–water partition coefficient (Wildman–Crippen LogP) is 6.31. The van der Waals surface area contributed by atoms with Crippen molar-refractivity contribution in [3.05, 3.63) is 126 Å². The van der Waals surface area contributed by atoms with Gasteiger partial charge in [0.25, 0.3) is 0 Å². The van der Waals surface area contributed by atoms with Gasteiger partial charge in [-0.2, -0.15) is 0 Å². The van der Waals surface area contributed by atoms with E-state index in [0.717, 1.165) is 19.0 Å². The molecule has 4 rings (SSSR count). The minimum Gasteiger partial charge on any atom is -0.0620 e. The molecule has 0 heterocycles. The zero-order valence-corrected chi connectivity index (χ0v) is 18.9. The predicted molar refractivity (Wildman–Crippen MR) is 134 cm³/mol. The number of hydrogen-bond acceptors (Lipinski definition) is 0. The zero-order chi connectivity index (χ0) is 20.8. The van der Waals surface area contributed by atoms with E-state index in [0.29, 0.717) is 0 Å². The first-order valence-electron chi connectivity index (χ1n) is 10.9. The fourth-order valence-electron chi connectivity index (χ4n) is 4.41. The van der Waals surface area contributed by atoms with Crippen LogP contribution in [0, 0.1) is 0 Å². The van der Waals surface area contributed by atoms with Crippen molar-refractivity contribution in [2.24, 2.45) is 0 Å². The molecule has 0 atom stereocenters.